The Balaban J connectivity index is 2.57. The van der Waals surface area contributed by atoms with Crippen LogP contribution < -0.4 is 16.7 Å². The summed E-state index contributed by atoms with van der Waals surface area (Å²) in [5.74, 6) is -0.642. The quantitative estimate of drug-likeness (QED) is 0.818. The number of likely N-dealkylation sites (N-methyl/N-ethyl adjacent to an activating group) is 1. The average Bonchev–Trinajstić information content (AvgIpc) is 2.82. The third-order valence-corrected chi connectivity index (χ3v) is 4.54. The number of amides is 2. The highest BCUT2D eigenvalue weighted by Gasteiger charge is 2.32. The molecule has 8 heteroatoms. The van der Waals surface area contributed by atoms with Crippen LogP contribution >= 0.6 is 0 Å². The van der Waals surface area contributed by atoms with Crippen molar-refractivity contribution in [2.45, 2.75) is 40.3 Å². The standard InChI is InChI=1S/C19H29N5O3/c1-12-8-7-9-13-14(12)23(11-10-22(5)6)18(27)24(13)17(26)21-15(16(20)25)19(2,3)4/h7-9,15H,10-11H2,1-6H3,(H2,20,25)(H,21,26)/t15-/m1/s1. The number of nitrogens with zero attached hydrogens (tertiary/aromatic N) is 3. The fourth-order valence-corrected chi connectivity index (χ4v) is 3.10. The SMILES string of the molecule is Cc1cccc2c1n(CCN(C)C)c(=O)n2C(=O)N[C@H](C(N)=O)C(C)(C)C. The number of hydrogen-bond acceptors (Lipinski definition) is 4. The molecule has 1 aromatic carbocycles. The molecule has 0 saturated heterocycles. The Labute approximate surface area is 158 Å². The zero-order chi connectivity index (χ0) is 20.5. The minimum absolute atomic E-state index is 0.434. The summed E-state index contributed by atoms with van der Waals surface area (Å²) in [6.07, 6.45) is 0. The van der Waals surface area contributed by atoms with E-state index in [9.17, 15) is 14.4 Å². The number of aromatic nitrogens is 2. The number of primary amides is 1. The highest BCUT2D eigenvalue weighted by atomic mass is 16.2. The Morgan fingerprint density at radius 3 is 2.41 bits per heavy atom. The van der Waals surface area contributed by atoms with Gasteiger partial charge in [0.15, 0.2) is 0 Å². The number of carbonyl (C=O) groups is 2. The van der Waals surface area contributed by atoms with Gasteiger partial charge in [-0.2, -0.15) is 0 Å². The van der Waals surface area contributed by atoms with E-state index in [0.717, 1.165) is 10.1 Å². The first-order valence-corrected chi connectivity index (χ1v) is 8.91. The van der Waals surface area contributed by atoms with Crippen LogP contribution in [0.4, 0.5) is 4.79 Å². The molecule has 0 fully saturated rings. The molecule has 1 heterocycles. The Bertz CT molecular complexity index is 918. The van der Waals surface area contributed by atoms with Gasteiger partial charge in [-0.25, -0.2) is 14.2 Å². The first-order valence-electron chi connectivity index (χ1n) is 8.91. The van der Waals surface area contributed by atoms with Crippen LogP contribution in [0.1, 0.15) is 26.3 Å². The van der Waals surface area contributed by atoms with Crippen molar-refractivity contribution >= 4 is 23.0 Å². The normalized spacial score (nSPS) is 13.1. The van der Waals surface area contributed by atoms with E-state index in [0.29, 0.717) is 24.1 Å². The van der Waals surface area contributed by atoms with Crippen LogP contribution in [0, 0.1) is 12.3 Å². The number of nitrogens with one attached hydrogen (secondary N) is 1. The number of aryl methyl sites for hydroxylation is 1. The lowest BCUT2D eigenvalue weighted by Gasteiger charge is -2.28. The van der Waals surface area contributed by atoms with E-state index in [1.165, 1.54) is 0 Å². The van der Waals surface area contributed by atoms with E-state index in [-0.39, 0.29) is 0 Å². The van der Waals surface area contributed by atoms with Gasteiger partial charge >= 0.3 is 11.7 Å². The predicted octanol–water partition coefficient (Wildman–Crippen LogP) is 1.13. The molecule has 3 N–H and O–H groups in total. The molecule has 1 aromatic heterocycles. The molecule has 2 amide bonds. The summed E-state index contributed by atoms with van der Waals surface area (Å²) < 4.78 is 2.68. The number of benzene rings is 1. The Hall–Kier alpha value is -2.61. The smallest absolute Gasteiger partial charge is 0.337 e. The van der Waals surface area contributed by atoms with Crippen molar-refractivity contribution in [3.8, 4) is 0 Å². The van der Waals surface area contributed by atoms with Crippen molar-refractivity contribution in [2.24, 2.45) is 11.1 Å². The van der Waals surface area contributed by atoms with Crippen molar-refractivity contribution in [3.05, 3.63) is 34.2 Å². The van der Waals surface area contributed by atoms with Crippen LogP contribution in [0.5, 0.6) is 0 Å². The lowest BCUT2D eigenvalue weighted by molar-refractivity contribution is -0.122. The molecule has 0 unspecified atom stereocenters. The van der Waals surface area contributed by atoms with Crippen LogP contribution in [0.3, 0.4) is 0 Å². The largest absolute Gasteiger partial charge is 0.368 e. The summed E-state index contributed by atoms with van der Waals surface area (Å²) in [7, 11) is 3.84. The van der Waals surface area contributed by atoms with Gasteiger partial charge in [0.2, 0.25) is 5.91 Å². The van der Waals surface area contributed by atoms with E-state index in [4.69, 9.17) is 5.73 Å². The fraction of sp³-hybridized carbons (Fsp3) is 0.526. The third-order valence-electron chi connectivity index (χ3n) is 4.54. The van der Waals surface area contributed by atoms with Crippen molar-refractivity contribution in [3.63, 3.8) is 0 Å². The molecular weight excluding hydrogens is 346 g/mol. The topological polar surface area (TPSA) is 102 Å². The van der Waals surface area contributed by atoms with Gasteiger partial charge in [0, 0.05) is 13.1 Å². The Morgan fingerprint density at radius 2 is 1.89 bits per heavy atom. The molecule has 0 radical (unpaired) electrons. The number of hydrogen-bond donors (Lipinski definition) is 2. The average molecular weight is 375 g/mol. The molecule has 8 nitrogen and oxygen atoms in total. The molecule has 27 heavy (non-hydrogen) atoms. The Morgan fingerprint density at radius 1 is 1.26 bits per heavy atom. The third kappa shape index (κ3) is 4.21. The minimum atomic E-state index is -0.901. The van der Waals surface area contributed by atoms with E-state index in [2.05, 4.69) is 5.32 Å². The van der Waals surface area contributed by atoms with Gasteiger partial charge in [-0.1, -0.05) is 32.9 Å². The number of fused-ring (bicyclic) bond motifs is 1. The lowest BCUT2D eigenvalue weighted by atomic mass is 9.86. The summed E-state index contributed by atoms with van der Waals surface area (Å²) in [6, 6.07) is 3.87. The molecule has 0 saturated carbocycles. The molecule has 148 valence electrons. The predicted molar refractivity (Wildman–Crippen MR) is 106 cm³/mol. The van der Waals surface area contributed by atoms with Crippen LogP contribution in [0.15, 0.2) is 23.0 Å². The van der Waals surface area contributed by atoms with Crippen LogP contribution in [0.25, 0.3) is 11.0 Å². The molecule has 0 spiro atoms. The number of carbonyl (C=O) groups excluding carboxylic acids is 2. The highest BCUT2D eigenvalue weighted by Crippen LogP contribution is 2.21. The van der Waals surface area contributed by atoms with Gasteiger partial charge in [-0.15, -0.1) is 0 Å². The lowest BCUT2D eigenvalue weighted by Crippen LogP contribution is -2.54. The van der Waals surface area contributed by atoms with Gasteiger partial charge in [0.05, 0.1) is 11.0 Å². The molecular formula is C19H29N5O3. The molecule has 0 aliphatic heterocycles. The van der Waals surface area contributed by atoms with Crippen LogP contribution in [-0.4, -0.2) is 52.7 Å². The number of rotatable bonds is 5. The molecule has 0 aliphatic rings. The van der Waals surface area contributed by atoms with Crippen molar-refractivity contribution in [1.29, 1.82) is 0 Å². The maximum absolute atomic E-state index is 13.0. The van der Waals surface area contributed by atoms with E-state index in [1.807, 2.05) is 32.0 Å². The maximum Gasteiger partial charge on any atom is 0.337 e. The van der Waals surface area contributed by atoms with Gasteiger partial charge in [-0.05, 0) is 38.1 Å². The number of para-hydroxylation sites is 1. The van der Waals surface area contributed by atoms with E-state index < -0.39 is 29.1 Å². The molecule has 1 atom stereocenters. The number of nitrogens with two attached hydrogens (primary N) is 1. The molecule has 0 bridgehead atoms. The summed E-state index contributed by atoms with van der Waals surface area (Å²) >= 11 is 0. The van der Waals surface area contributed by atoms with Crippen molar-refractivity contribution in [2.75, 3.05) is 20.6 Å². The highest BCUT2D eigenvalue weighted by molar-refractivity contribution is 5.93. The first-order chi connectivity index (χ1) is 12.4. The van der Waals surface area contributed by atoms with Crippen LogP contribution in [0.2, 0.25) is 0 Å². The van der Waals surface area contributed by atoms with Crippen molar-refractivity contribution < 1.29 is 9.59 Å². The molecule has 0 aliphatic carbocycles. The van der Waals surface area contributed by atoms with Crippen LogP contribution in [-0.2, 0) is 11.3 Å². The second kappa shape index (κ2) is 7.56. The van der Waals surface area contributed by atoms with Gasteiger partial charge in [0.1, 0.15) is 6.04 Å². The summed E-state index contributed by atoms with van der Waals surface area (Å²) in [5, 5.41) is 2.63. The van der Waals surface area contributed by atoms with E-state index >= 15 is 0 Å². The van der Waals surface area contributed by atoms with E-state index in [1.54, 1.807) is 37.5 Å². The molecule has 2 rings (SSSR count). The fourth-order valence-electron chi connectivity index (χ4n) is 3.10. The summed E-state index contributed by atoms with van der Waals surface area (Å²) in [6.45, 7) is 8.41. The number of imidazole rings is 1. The Kier molecular flexibility index (Phi) is 5.79. The zero-order valence-electron chi connectivity index (χ0n) is 16.9. The second-order valence-corrected chi connectivity index (χ2v) is 8.17. The first kappa shape index (κ1) is 20.7. The summed E-state index contributed by atoms with van der Waals surface area (Å²) in [4.78, 5) is 39.7. The molecule has 2 aromatic rings. The zero-order valence-corrected chi connectivity index (χ0v) is 16.9. The van der Waals surface area contributed by atoms with Gasteiger partial charge < -0.3 is 16.0 Å². The maximum atomic E-state index is 13.0. The second-order valence-electron chi connectivity index (χ2n) is 8.17. The minimum Gasteiger partial charge on any atom is -0.368 e. The van der Waals surface area contributed by atoms with Gasteiger partial charge in [-0.3, -0.25) is 9.36 Å². The summed E-state index contributed by atoms with van der Waals surface area (Å²) in [5.41, 5.74) is 6.57. The monoisotopic (exact) mass is 375 g/mol. The van der Waals surface area contributed by atoms with Crippen molar-refractivity contribution in [1.82, 2.24) is 19.4 Å². The van der Waals surface area contributed by atoms with Gasteiger partial charge in [0.25, 0.3) is 0 Å².